The maximum absolute atomic E-state index is 12.9. The highest BCUT2D eigenvalue weighted by molar-refractivity contribution is 5.83. The molecule has 0 unspecified atom stereocenters. The summed E-state index contributed by atoms with van der Waals surface area (Å²) in [6.45, 7) is 7.51. The third-order valence-electron chi connectivity index (χ3n) is 6.65. The van der Waals surface area contributed by atoms with E-state index in [1.807, 2.05) is 0 Å². The van der Waals surface area contributed by atoms with Crippen molar-refractivity contribution in [1.82, 2.24) is 5.32 Å². The van der Waals surface area contributed by atoms with Gasteiger partial charge in [-0.05, 0) is 95.3 Å². The number of allylic oxidation sites excluding steroid dienone is 2. The molecule has 4 bridgehead atoms. The molecule has 4 aliphatic rings. The van der Waals surface area contributed by atoms with Crippen LogP contribution in [0.15, 0.2) is 11.6 Å². The van der Waals surface area contributed by atoms with E-state index in [2.05, 4.69) is 32.2 Å². The van der Waals surface area contributed by atoms with Crippen LogP contribution in [-0.4, -0.2) is 12.5 Å². The number of hydrogen-bond acceptors (Lipinski definition) is 1. The molecule has 4 aliphatic carbocycles. The number of rotatable bonds is 7. The molecule has 4 rings (SSSR count). The van der Waals surface area contributed by atoms with Crippen LogP contribution in [0.2, 0.25) is 0 Å². The van der Waals surface area contributed by atoms with Crippen molar-refractivity contribution in [3.63, 3.8) is 0 Å². The monoisotopic (exact) mass is 317 g/mol. The van der Waals surface area contributed by atoms with Crippen molar-refractivity contribution in [3.8, 4) is 0 Å². The molecule has 0 aromatic rings. The van der Waals surface area contributed by atoms with Crippen LogP contribution in [0.4, 0.5) is 0 Å². The zero-order valence-electron chi connectivity index (χ0n) is 15.4. The molecule has 0 radical (unpaired) electrons. The van der Waals surface area contributed by atoms with Crippen molar-refractivity contribution in [3.05, 3.63) is 11.6 Å². The number of carbonyl (C=O) groups is 1. The zero-order valence-corrected chi connectivity index (χ0v) is 15.4. The summed E-state index contributed by atoms with van der Waals surface area (Å²) in [5, 5.41) is 3.32. The van der Waals surface area contributed by atoms with E-state index in [0.717, 1.165) is 30.7 Å². The van der Waals surface area contributed by atoms with E-state index in [1.54, 1.807) is 0 Å². The molecule has 0 heterocycles. The maximum atomic E-state index is 12.9. The van der Waals surface area contributed by atoms with Crippen LogP contribution in [0.5, 0.6) is 0 Å². The lowest BCUT2D eigenvalue weighted by atomic mass is 9.49. The SMILES string of the molecule is CC(C)=CCC[C@H](C)CCNC(=O)C12CC3CC(CC(C3)C1)C2. The predicted molar refractivity (Wildman–Crippen MR) is 96.1 cm³/mol. The van der Waals surface area contributed by atoms with E-state index < -0.39 is 0 Å². The van der Waals surface area contributed by atoms with Gasteiger partial charge in [0.1, 0.15) is 0 Å². The average molecular weight is 318 g/mol. The largest absolute Gasteiger partial charge is 0.356 e. The third-order valence-corrected chi connectivity index (χ3v) is 6.65. The molecule has 2 heteroatoms. The molecule has 1 atom stereocenters. The maximum Gasteiger partial charge on any atom is 0.226 e. The molecule has 0 aromatic heterocycles. The molecule has 0 spiro atoms. The van der Waals surface area contributed by atoms with Crippen LogP contribution in [-0.2, 0) is 4.79 Å². The van der Waals surface area contributed by atoms with E-state index in [9.17, 15) is 4.79 Å². The minimum absolute atomic E-state index is 0.0278. The first-order valence-corrected chi connectivity index (χ1v) is 9.88. The van der Waals surface area contributed by atoms with Gasteiger partial charge in [-0.25, -0.2) is 0 Å². The van der Waals surface area contributed by atoms with Crippen LogP contribution in [0, 0.1) is 29.1 Å². The Bertz CT molecular complexity index is 425. The molecular formula is C21H35NO. The van der Waals surface area contributed by atoms with Crippen molar-refractivity contribution >= 4 is 5.91 Å². The van der Waals surface area contributed by atoms with E-state index in [-0.39, 0.29) is 5.41 Å². The van der Waals surface area contributed by atoms with E-state index in [4.69, 9.17) is 0 Å². The van der Waals surface area contributed by atoms with Crippen LogP contribution < -0.4 is 5.32 Å². The van der Waals surface area contributed by atoms with E-state index in [0.29, 0.717) is 11.8 Å². The van der Waals surface area contributed by atoms with Gasteiger partial charge in [0, 0.05) is 12.0 Å². The molecule has 1 N–H and O–H groups in total. The first-order valence-electron chi connectivity index (χ1n) is 9.88. The van der Waals surface area contributed by atoms with Gasteiger partial charge in [0.15, 0.2) is 0 Å². The summed E-state index contributed by atoms with van der Waals surface area (Å²) < 4.78 is 0. The van der Waals surface area contributed by atoms with Crippen molar-refractivity contribution in [2.24, 2.45) is 29.1 Å². The predicted octanol–water partition coefficient (Wildman–Crippen LogP) is 5.09. The van der Waals surface area contributed by atoms with Gasteiger partial charge in [0.05, 0.1) is 0 Å². The fraction of sp³-hybridized carbons (Fsp3) is 0.857. The smallest absolute Gasteiger partial charge is 0.226 e. The topological polar surface area (TPSA) is 29.1 Å². The first-order chi connectivity index (χ1) is 11.0. The van der Waals surface area contributed by atoms with Gasteiger partial charge >= 0.3 is 0 Å². The lowest BCUT2D eigenvalue weighted by Gasteiger charge is -2.55. The van der Waals surface area contributed by atoms with Gasteiger partial charge in [-0.2, -0.15) is 0 Å². The first kappa shape index (κ1) is 17.0. The summed E-state index contributed by atoms with van der Waals surface area (Å²) in [7, 11) is 0. The highest BCUT2D eigenvalue weighted by atomic mass is 16.2. The van der Waals surface area contributed by atoms with Gasteiger partial charge < -0.3 is 5.32 Å². The summed E-state index contributed by atoms with van der Waals surface area (Å²) in [4.78, 5) is 12.9. The minimum Gasteiger partial charge on any atom is -0.356 e. The average Bonchev–Trinajstić information content (AvgIpc) is 2.45. The molecule has 130 valence electrons. The number of nitrogens with one attached hydrogen (secondary N) is 1. The molecule has 4 saturated carbocycles. The normalized spacial score (nSPS) is 35.9. The van der Waals surface area contributed by atoms with Gasteiger partial charge in [-0.15, -0.1) is 0 Å². The quantitative estimate of drug-likeness (QED) is 0.651. The second-order valence-electron chi connectivity index (χ2n) is 9.21. The Hall–Kier alpha value is -0.790. The van der Waals surface area contributed by atoms with Gasteiger partial charge in [-0.3, -0.25) is 4.79 Å². The number of amides is 1. The second-order valence-corrected chi connectivity index (χ2v) is 9.21. The van der Waals surface area contributed by atoms with Gasteiger partial charge in [-0.1, -0.05) is 18.6 Å². The van der Waals surface area contributed by atoms with Crippen LogP contribution >= 0.6 is 0 Å². The third kappa shape index (κ3) is 4.00. The summed E-state index contributed by atoms with van der Waals surface area (Å²) in [5.41, 5.74) is 1.44. The summed E-state index contributed by atoms with van der Waals surface area (Å²) >= 11 is 0. The summed E-state index contributed by atoms with van der Waals surface area (Å²) in [6.07, 6.45) is 13.6. The molecule has 4 fully saturated rings. The molecular weight excluding hydrogens is 282 g/mol. The number of hydrogen-bond donors (Lipinski definition) is 1. The minimum atomic E-state index is 0.0278. The highest BCUT2D eigenvalue weighted by Crippen LogP contribution is 2.60. The Balaban J connectivity index is 1.42. The van der Waals surface area contributed by atoms with Crippen LogP contribution in [0.25, 0.3) is 0 Å². The Morgan fingerprint density at radius 2 is 1.65 bits per heavy atom. The van der Waals surface area contributed by atoms with Gasteiger partial charge in [0.25, 0.3) is 0 Å². The van der Waals surface area contributed by atoms with Crippen molar-refractivity contribution < 1.29 is 4.79 Å². The number of carbonyl (C=O) groups excluding carboxylic acids is 1. The molecule has 1 amide bonds. The second kappa shape index (κ2) is 6.99. The van der Waals surface area contributed by atoms with E-state index >= 15 is 0 Å². The van der Waals surface area contributed by atoms with Crippen LogP contribution in [0.1, 0.15) is 78.6 Å². The summed E-state index contributed by atoms with van der Waals surface area (Å²) in [5.74, 6) is 3.66. The Morgan fingerprint density at radius 3 is 2.17 bits per heavy atom. The lowest BCUT2D eigenvalue weighted by Crippen LogP contribution is -2.53. The molecule has 2 nitrogen and oxygen atoms in total. The Labute approximate surface area is 142 Å². The molecule has 23 heavy (non-hydrogen) atoms. The van der Waals surface area contributed by atoms with Gasteiger partial charge in [0.2, 0.25) is 5.91 Å². The molecule has 0 saturated heterocycles. The molecule has 0 aliphatic heterocycles. The van der Waals surface area contributed by atoms with Crippen molar-refractivity contribution in [1.29, 1.82) is 0 Å². The highest BCUT2D eigenvalue weighted by Gasteiger charge is 2.54. The Morgan fingerprint density at radius 1 is 1.09 bits per heavy atom. The summed E-state index contributed by atoms with van der Waals surface area (Å²) in [6, 6.07) is 0. The zero-order chi connectivity index (χ0) is 16.4. The fourth-order valence-corrected chi connectivity index (χ4v) is 5.81. The van der Waals surface area contributed by atoms with Crippen molar-refractivity contribution in [2.75, 3.05) is 6.54 Å². The Kier molecular flexibility index (Phi) is 5.18. The fourth-order valence-electron chi connectivity index (χ4n) is 5.81. The van der Waals surface area contributed by atoms with Crippen molar-refractivity contribution in [2.45, 2.75) is 78.6 Å². The van der Waals surface area contributed by atoms with E-state index in [1.165, 1.54) is 56.9 Å². The molecule has 0 aromatic carbocycles. The standard InChI is InChI=1S/C21H35NO/c1-15(2)5-4-6-16(3)7-8-22-20(23)21-12-17-9-18(13-21)11-19(10-17)14-21/h5,16-19H,4,6-14H2,1-3H3,(H,22,23)/t16-,17?,18?,19?,21?/m0/s1. The van der Waals surface area contributed by atoms with Crippen LogP contribution in [0.3, 0.4) is 0 Å². The lowest BCUT2D eigenvalue weighted by molar-refractivity contribution is -0.146.